The lowest BCUT2D eigenvalue weighted by Gasteiger charge is -2.15. The fraction of sp³-hybridized carbons (Fsp3) is 0.333. The molecule has 1 aromatic rings. The van der Waals surface area contributed by atoms with Crippen LogP contribution in [0.2, 0.25) is 0 Å². The lowest BCUT2D eigenvalue weighted by atomic mass is 9.99. The van der Waals surface area contributed by atoms with Crippen molar-refractivity contribution in [3.63, 3.8) is 0 Å². The highest BCUT2D eigenvalue weighted by Crippen LogP contribution is 2.20. The highest BCUT2D eigenvalue weighted by Gasteiger charge is 2.04. The van der Waals surface area contributed by atoms with E-state index < -0.39 is 0 Å². The molecule has 0 spiro atoms. The third kappa shape index (κ3) is 2.08. The molecule has 0 aromatic heterocycles. The first-order chi connectivity index (χ1) is 6.88. The van der Waals surface area contributed by atoms with Crippen LogP contribution >= 0.6 is 0 Å². The highest BCUT2D eigenvalue weighted by molar-refractivity contribution is 5.49. The highest BCUT2D eigenvalue weighted by atomic mass is 16.5. The van der Waals surface area contributed by atoms with Crippen LogP contribution in [0.15, 0.2) is 35.9 Å². The van der Waals surface area contributed by atoms with Crippen molar-refractivity contribution in [3.8, 4) is 5.75 Å². The first-order valence-electron chi connectivity index (χ1n) is 4.94. The van der Waals surface area contributed by atoms with Gasteiger partial charge in [-0.3, -0.25) is 0 Å². The van der Waals surface area contributed by atoms with Crippen LogP contribution in [-0.2, 0) is 0 Å². The zero-order valence-electron chi connectivity index (χ0n) is 8.42. The van der Waals surface area contributed by atoms with Gasteiger partial charge < -0.3 is 10.1 Å². The quantitative estimate of drug-likeness (QED) is 0.735. The Hall–Kier alpha value is -1.44. The van der Waals surface area contributed by atoms with Crippen LogP contribution in [0.5, 0.6) is 5.75 Å². The Morgan fingerprint density at radius 1 is 1.43 bits per heavy atom. The summed E-state index contributed by atoms with van der Waals surface area (Å²) in [4.78, 5) is 0. The van der Waals surface area contributed by atoms with Crippen LogP contribution in [0.1, 0.15) is 12.8 Å². The van der Waals surface area contributed by atoms with Gasteiger partial charge in [0.25, 0.3) is 0 Å². The fourth-order valence-electron chi connectivity index (χ4n) is 1.46. The van der Waals surface area contributed by atoms with Gasteiger partial charge in [-0.25, -0.2) is 0 Å². The molecule has 0 bridgehead atoms. The van der Waals surface area contributed by atoms with Gasteiger partial charge in [0.1, 0.15) is 5.75 Å². The average molecular weight is 189 g/mol. The molecule has 0 unspecified atom stereocenters. The summed E-state index contributed by atoms with van der Waals surface area (Å²) in [6.07, 6.45) is 4.78. The van der Waals surface area contributed by atoms with Crippen LogP contribution in [0.4, 0.5) is 5.69 Å². The molecule has 0 saturated heterocycles. The molecule has 0 saturated carbocycles. The van der Waals surface area contributed by atoms with Crippen molar-refractivity contribution in [2.75, 3.05) is 19.0 Å². The molecule has 0 heterocycles. The molecule has 14 heavy (non-hydrogen) atoms. The molecule has 2 heteroatoms. The number of rotatable bonds is 4. The standard InChI is InChI=1S/C12H15NO/c1-14-12-7-3-6-11(8-12)13-9-10-4-2-5-10/h3-4,6-8,13H,2,5,9H2,1H3. The summed E-state index contributed by atoms with van der Waals surface area (Å²) in [6.45, 7) is 0.965. The molecular formula is C12H15NO. The molecular weight excluding hydrogens is 174 g/mol. The Kier molecular flexibility index (Phi) is 2.73. The van der Waals surface area contributed by atoms with Crippen molar-refractivity contribution in [2.45, 2.75) is 12.8 Å². The van der Waals surface area contributed by atoms with Gasteiger partial charge in [0, 0.05) is 18.3 Å². The maximum absolute atomic E-state index is 5.15. The molecule has 0 radical (unpaired) electrons. The number of nitrogens with one attached hydrogen (secondary N) is 1. The molecule has 1 aromatic carbocycles. The minimum Gasteiger partial charge on any atom is -0.497 e. The van der Waals surface area contributed by atoms with E-state index in [1.165, 1.54) is 18.4 Å². The van der Waals surface area contributed by atoms with Crippen molar-refractivity contribution < 1.29 is 4.74 Å². The average Bonchev–Trinajstić information content (AvgIpc) is 2.16. The molecule has 74 valence electrons. The zero-order chi connectivity index (χ0) is 9.80. The first kappa shape index (κ1) is 9.13. The maximum atomic E-state index is 5.15. The number of hydrogen-bond acceptors (Lipinski definition) is 2. The van der Waals surface area contributed by atoms with Crippen LogP contribution < -0.4 is 10.1 Å². The van der Waals surface area contributed by atoms with Crippen LogP contribution in [-0.4, -0.2) is 13.7 Å². The monoisotopic (exact) mass is 189 g/mol. The minimum atomic E-state index is 0.901. The van der Waals surface area contributed by atoms with Crippen molar-refractivity contribution in [1.82, 2.24) is 0 Å². The third-order valence-corrected chi connectivity index (χ3v) is 2.49. The van der Waals surface area contributed by atoms with Crippen molar-refractivity contribution >= 4 is 5.69 Å². The molecule has 2 nitrogen and oxygen atoms in total. The summed E-state index contributed by atoms with van der Waals surface area (Å²) in [7, 11) is 1.69. The number of methoxy groups -OCH3 is 1. The molecule has 0 atom stereocenters. The van der Waals surface area contributed by atoms with E-state index in [1.807, 2.05) is 18.2 Å². The van der Waals surface area contributed by atoms with E-state index in [4.69, 9.17) is 4.74 Å². The number of allylic oxidation sites excluding steroid dienone is 1. The summed E-state index contributed by atoms with van der Waals surface area (Å²) in [5, 5.41) is 3.37. The van der Waals surface area contributed by atoms with Gasteiger partial charge in [0.15, 0.2) is 0 Å². The third-order valence-electron chi connectivity index (χ3n) is 2.49. The fourth-order valence-corrected chi connectivity index (χ4v) is 1.46. The second kappa shape index (κ2) is 4.18. The SMILES string of the molecule is COc1cccc(NCC2=CCC2)c1. The second-order valence-electron chi connectivity index (χ2n) is 3.49. The number of hydrogen-bond donors (Lipinski definition) is 1. The molecule has 1 aliphatic carbocycles. The number of benzene rings is 1. The number of ether oxygens (including phenoxy) is 1. The predicted octanol–water partition coefficient (Wildman–Crippen LogP) is 2.83. The van der Waals surface area contributed by atoms with Gasteiger partial charge in [-0.05, 0) is 25.0 Å². The summed E-state index contributed by atoms with van der Waals surface area (Å²) in [5.74, 6) is 0.901. The predicted molar refractivity (Wildman–Crippen MR) is 58.8 cm³/mol. The summed E-state index contributed by atoms with van der Waals surface area (Å²) in [6, 6.07) is 8.02. The Morgan fingerprint density at radius 2 is 2.29 bits per heavy atom. The molecule has 1 aliphatic rings. The molecule has 1 N–H and O–H groups in total. The van der Waals surface area contributed by atoms with Gasteiger partial charge in [-0.2, -0.15) is 0 Å². The van der Waals surface area contributed by atoms with E-state index in [1.54, 1.807) is 7.11 Å². The van der Waals surface area contributed by atoms with E-state index in [-0.39, 0.29) is 0 Å². The van der Waals surface area contributed by atoms with Crippen molar-refractivity contribution in [1.29, 1.82) is 0 Å². The minimum absolute atomic E-state index is 0.901. The van der Waals surface area contributed by atoms with E-state index in [2.05, 4.69) is 17.5 Å². The topological polar surface area (TPSA) is 21.3 Å². The Morgan fingerprint density at radius 3 is 2.93 bits per heavy atom. The molecule has 2 rings (SSSR count). The van der Waals surface area contributed by atoms with Gasteiger partial charge in [-0.1, -0.05) is 17.7 Å². The Bertz CT molecular complexity index is 344. The maximum Gasteiger partial charge on any atom is 0.120 e. The van der Waals surface area contributed by atoms with Crippen molar-refractivity contribution in [3.05, 3.63) is 35.9 Å². The summed E-state index contributed by atoms with van der Waals surface area (Å²) < 4.78 is 5.15. The first-order valence-corrected chi connectivity index (χ1v) is 4.94. The van der Waals surface area contributed by atoms with Gasteiger partial charge in [0.2, 0.25) is 0 Å². The Balaban J connectivity index is 1.94. The smallest absolute Gasteiger partial charge is 0.120 e. The van der Waals surface area contributed by atoms with E-state index >= 15 is 0 Å². The van der Waals surface area contributed by atoms with Gasteiger partial charge in [0.05, 0.1) is 7.11 Å². The van der Waals surface area contributed by atoms with E-state index in [9.17, 15) is 0 Å². The zero-order valence-corrected chi connectivity index (χ0v) is 8.42. The largest absolute Gasteiger partial charge is 0.497 e. The second-order valence-corrected chi connectivity index (χ2v) is 3.49. The van der Waals surface area contributed by atoms with Crippen LogP contribution in [0.25, 0.3) is 0 Å². The Labute approximate surface area is 84.6 Å². The normalized spacial score (nSPS) is 14.2. The summed E-state index contributed by atoms with van der Waals surface area (Å²) >= 11 is 0. The van der Waals surface area contributed by atoms with Gasteiger partial charge in [-0.15, -0.1) is 0 Å². The van der Waals surface area contributed by atoms with Crippen LogP contribution in [0, 0.1) is 0 Å². The van der Waals surface area contributed by atoms with Gasteiger partial charge >= 0.3 is 0 Å². The van der Waals surface area contributed by atoms with Crippen LogP contribution in [0.3, 0.4) is 0 Å². The van der Waals surface area contributed by atoms with Crippen molar-refractivity contribution in [2.24, 2.45) is 0 Å². The number of anilines is 1. The lowest BCUT2D eigenvalue weighted by molar-refractivity contribution is 0.415. The molecule has 0 amide bonds. The van der Waals surface area contributed by atoms with E-state index in [0.717, 1.165) is 18.0 Å². The summed E-state index contributed by atoms with van der Waals surface area (Å²) in [5.41, 5.74) is 2.63. The van der Waals surface area contributed by atoms with E-state index in [0.29, 0.717) is 0 Å². The molecule has 0 fully saturated rings. The molecule has 0 aliphatic heterocycles. The lowest BCUT2D eigenvalue weighted by Crippen LogP contribution is -2.08.